The SMILES string of the molecule is C=C(C)C(=O)NCC(CNC(=O)C(=C)C)(CNC(=O)C(C)(C)C)CNC(O)C(=C)C. The van der Waals surface area contributed by atoms with E-state index in [-0.39, 0.29) is 43.9 Å². The van der Waals surface area contributed by atoms with E-state index in [1.165, 1.54) is 0 Å². The topological polar surface area (TPSA) is 120 Å². The van der Waals surface area contributed by atoms with Gasteiger partial charge in [0, 0.05) is 48.2 Å². The fourth-order valence-electron chi connectivity index (χ4n) is 2.23. The molecule has 0 aromatic heterocycles. The third kappa shape index (κ3) is 9.84. The van der Waals surface area contributed by atoms with Gasteiger partial charge in [-0.3, -0.25) is 19.7 Å². The second-order valence-electron chi connectivity index (χ2n) is 8.99. The quantitative estimate of drug-likeness (QED) is 0.183. The third-order valence-electron chi connectivity index (χ3n) is 4.47. The Morgan fingerprint density at radius 1 is 0.800 bits per heavy atom. The van der Waals surface area contributed by atoms with E-state index >= 15 is 0 Å². The van der Waals surface area contributed by atoms with Gasteiger partial charge in [-0.05, 0) is 26.3 Å². The van der Waals surface area contributed by atoms with Gasteiger partial charge in [0.15, 0.2) is 0 Å². The summed E-state index contributed by atoms with van der Waals surface area (Å²) >= 11 is 0. The van der Waals surface area contributed by atoms with Crippen molar-refractivity contribution in [1.29, 1.82) is 0 Å². The maximum Gasteiger partial charge on any atom is 0.246 e. The minimum Gasteiger partial charge on any atom is -0.375 e. The maximum atomic E-state index is 12.5. The van der Waals surface area contributed by atoms with Crippen LogP contribution in [0.4, 0.5) is 0 Å². The highest BCUT2D eigenvalue weighted by molar-refractivity contribution is 5.92. The van der Waals surface area contributed by atoms with Gasteiger partial charge >= 0.3 is 0 Å². The van der Waals surface area contributed by atoms with Crippen molar-refractivity contribution in [3.8, 4) is 0 Å². The lowest BCUT2D eigenvalue weighted by Gasteiger charge is -2.36. The van der Waals surface area contributed by atoms with Crippen LogP contribution < -0.4 is 21.3 Å². The van der Waals surface area contributed by atoms with Gasteiger partial charge in [0.2, 0.25) is 17.7 Å². The first-order chi connectivity index (χ1) is 13.6. The predicted octanol–water partition coefficient (Wildman–Crippen LogP) is 1.00. The Morgan fingerprint density at radius 2 is 1.20 bits per heavy atom. The van der Waals surface area contributed by atoms with Crippen LogP contribution >= 0.6 is 0 Å². The van der Waals surface area contributed by atoms with Crippen molar-refractivity contribution in [3.63, 3.8) is 0 Å². The van der Waals surface area contributed by atoms with Crippen molar-refractivity contribution in [2.24, 2.45) is 10.8 Å². The molecular weight excluding hydrogens is 384 g/mol. The number of carbonyl (C=O) groups excluding carboxylic acids is 3. The molecule has 0 saturated heterocycles. The highest BCUT2D eigenvalue weighted by Gasteiger charge is 2.34. The number of rotatable bonds is 12. The van der Waals surface area contributed by atoms with Crippen LogP contribution in [0.3, 0.4) is 0 Å². The van der Waals surface area contributed by atoms with Crippen LogP contribution in [0.25, 0.3) is 0 Å². The zero-order valence-corrected chi connectivity index (χ0v) is 19.2. The van der Waals surface area contributed by atoms with Gasteiger partial charge in [0.1, 0.15) is 6.23 Å². The van der Waals surface area contributed by atoms with Gasteiger partial charge in [0.05, 0.1) is 0 Å². The summed E-state index contributed by atoms with van der Waals surface area (Å²) in [5, 5.41) is 21.5. The summed E-state index contributed by atoms with van der Waals surface area (Å²) in [4.78, 5) is 36.6. The first-order valence-corrected chi connectivity index (χ1v) is 9.84. The average molecular weight is 423 g/mol. The molecular formula is C22H38N4O4. The van der Waals surface area contributed by atoms with Crippen molar-refractivity contribution < 1.29 is 19.5 Å². The van der Waals surface area contributed by atoms with Gasteiger partial charge in [0.25, 0.3) is 0 Å². The van der Waals surface area contributed by atoms with E-state index in [9.17, 15) is 19.5 Å². The van der Waals surface area contributed by atoms with Crippen LogP contribution in [0.5, 0.6) is 0 Å². The molecule has 0 fully saturated rings. The molecule has 0 bridgehead atoms. The minimum absolute atomic E-state index is 0.121. The first kappa shape index (κ1) is 27.5. The van der Waals surface area contributed by atoms with Crippen molar-refractivity contribution in [2.45, 2.75) is 47.8 Å². The Labute approximate surface area is 180 Å². The largest absolute Gasteiger partial charge is 0.375 e. The summed E-state index contributed by atoms with van der Waals surface area (Å²) in [6, 6.07) is 0. The Bertz CT molecular complexity index is 662. The Balaban J connectivity index is 5.74. The smallest absolute Gasteiger partial charge is 0.246 e. The molecule has 0 radical (unpaired) electrons. The summed E-state index contributed by atoms with van der Waals surface area (Å²) < 4.78 is 0. The molecule has 0 aliphatic carbocycles. The van der Waals surface area contributed by atoms with Crippen molar-refractivity contribution in [3.05, 3.63) is 36.5 Å². The van der Waals surface area contributed by atoms with Crippen molar-refractivity contribution >= 4 is 17.7 Å². The summed E-state index contributed by atoms with van der Waals surface area (Å²) in [6.07, 6.45) is -0.976. The van der Waals surface area contributed by atoms with Gasteiger partial charge in [-0.15, -0.1) is 0 Å². The first-order valence-electron chi connectivity index (χ1n) is 9.84. The molecule has 8 heteroatoms. The summed E-state index contributed by atoms with van der Waals surface area (Å²) in [5.74, 6) is -0.855. The van der Waals surface area contributed by atoms with E-state index in [4.69, 9.17) is 0 Å². The average Bonchev–Trinajstić information content (AvgIpc) is 2.64. The highest BCUT2D eigenvalue weighted by Crippen LogP contribution is 2.18. The number of hydrogen-bond acceptors (Lipinski definition) is 5. The van der Waals surface area contributed by atoms with Crippen molar-refractivity contribution in [1.82, 2.24) is 21.3 Å². The van der Waals surface area contributed by atoms with Crippen LogP contribution in [-0.4, -0.2) is 55.2 Å². The monoisotopic (exact) mass is 422 g/mol. The number of carbonyl (C=O) groups is 3. The number of nitrogens with one attached hydrogen (secondary N) is 4. The standard InChI is InChI=1S/C22H38N4O4/c1-14(2)17(27)23-10-22(11-24-18(28)15(3)4,12-25-19(29)16(5)6)13-26-20(30)21(7,8)9/h17,23,27H,1,3,5,10-13H2,2,4,6-9H3,(H,24,28)(H,25,29)(H,26,30). The van der Waals surface area contributed by atoms with Gasteiger partial charge in [-0.1, -0.05) is 40.5 Å². The molecule has 1 atom stereocenters. The Morgan fingerprint density at radius 3 is 1.53 bits per heavy atom. The van der Waals surface area contributed by atoms with E-state index in [1.807, 2.05) is 0 Å². The van der Waals surface area contributed by atoms with Crippen LogP contribution in [0.15, 0.2) is 36.5 Å². The van der Waals surface area contributed by atoms with Crippen LogP contribution in [0, 0.1) is 10.8 Å². The molecule has 0 spiro atoms. The number of aliphatic hydroxyl groups excluding tert-OH is 1. The molecule has 0 heterocycles. The second-order valence-corrected chi connectivity index (χ2v) is 8.99. The third-order valence-corrected chi connectivity index (χ3v) is 4.47. The molecule has 1 unspecified atom stereocenters. The van der Waals surface area contributed by atoms with E-state index in [0.717, 1.165) is 0 Å². The molecule has 8 nitrogen and oxygen atoms in total. The molecule has 0 aliphatic heterocycles. The molecule has 3 amide bonds. The van der Waals surface area contributed by atoms with Crippen LogP contribution in [0.1, 0.15) is 41.5 Å². The van der Waals surface area contributed by atoms with E-state index in [0.29, 0.717) is 16.7 Å². The summed E-state index contributed by atoms with van der Waals surface area (Å²) in [6.45, 7) is 21.8. The highest BCUT2D eigenvalue weighted by atomic mass is 16.3. The molecule has 0 aromatic rings. The number of hydrogen-bond donors (Lipinski definition) is 5. The molecule has 0 rings (SSSR count). The predicted molar refractivity (Wildman–Crippen MR) is 119 cm³/mol. The van der Waals surface area contributed by atoms with E-state index in [1.54, 1.807) is 41.5 Å². The molecule has 5 N–H and O–H groups in total. The zero-order valence-electron chi connectivity index (χ0n) is 19.2. The lowest BCUT2D eigenvalue weighted by molar-refractivity contribution is -0.129. The van der Waals surface area contributed by atoms with Crippen molar-refractivity contribution in [2.75, 3.05) is 26.2 Å². The molecule has 30 heavy (non-hydrogen) atoms. The van der Waals surface area contributed by atoms with Gasteiger partial charge in [-0.25, -0.2) is 0 Å². The minimum atomic E-state index is -0.976. The number of amides is 3. The van der Waals surface area contributed by atoms with E-state index in [2.05, 4.69) is 41.0 Å². The summed E-state index contributed by atoms with van der Waals surface area (Å²) in [7, 11) is 0. The fourth-order valence-corrected chi connectivity index (χ4v) is 2.23. The lowest BCUT2D eigenvalue weighted by atomic mass is 9.85. The maximum absolute atomic E-state index is 12.5. The number of aliphatic hydroxyl groups is 1. The zero-order chi connectivity index (χ0) is 23.7. The van der Waals surface area contributed by atoms with Gasteiger partial charge < -0.3 is 21.1 Å². The Kier molecular flexibility index (Phi) is 10.7. The Hall–Kier alpha value is -2.45. The second kappa shape index (κ2) is 11.7. The van der Waals surface area contributed by atoms with Crippen LogP contribution in [0.2, 0.25) is 0 Å². The van der Waals surface area contributed by atoms with E-state index < -0.39 is 17.1 Å². The normalized spacial score (nSPS) is 12.5. The molecule has 170 valence electrons. The molecule has 0 saturated carbocycles. The van der Waals surface area contributed by atoms with Crippen LogP contribution in [-0.2, 0) is 14.4 Å². The van der Waals surface area contributed by atoms with Gasteiger partial charge in [-0.2, -0.15) is 0 Å². The lowest BCUT2D eigenvalue weighted by Crippen LogP contribution is -2.58. The summed E-state index contributed by atoms with van der Waals surface area (Å²) in [5.41, 5.74) is -0.266. The molecule has 0 aromatic carbocycles. The fraction of sp³-hybridized carbons (Fsp3) is 0.591. The molecule has 0 aliphatic rings.